The number of aromatic amines is 1. The highest BCUT2D eigenvalue weighted by molar-refractivity contribution is 5.83. The van der Waals surface area contributed by atoms with E-state index in [2.05, 4.69) is 21.7 Å². The molecule has 2 aromatic rings. The summed E-state index contributed by atoms with van der Waals surface area (Å²) in [5.41, 5.74) is -0.0541. The maximum atomic E-state index is 12.2. The van der Waals surface area contributed by atoms with Gasteiger partial charge in [0, 0.05) is 25.0 Å². The molecule has 1 unspecified atom stereocenters. The van der Waals surface area contributed by atoms with E-state index >= 15 is 0 Å². The second-order valence-electron chi connectivity index (χ2n) is 5.48. The average Bonchev–Trinajstić information content (AvgIpc) is 2.54. The van der Waals surface area contributed by atoms with Gasteiger partial charge in [-0.15, -0.1) is 0 Å². The first-order chi connectivity index (χ1) is 10.2. The lowest BCUT2D eigenvalue weighted by atomic mass is 10.1. The molecule has 5 nitrogen and oxygen atoms in total. The number of aliphatic hydroxyl groups excluding tert-OH is 1. The molecule has 1 saturated heterocycles. The Kier molecular flexibility index (Phi) is 3.94. The molecule has 0 amide bonds. The van der Waals surface area contributed by atoms with Crippen molar-refractivity contribution in [2.45, 2.75) is 13.0 Å². The van der Waals surface area contributed by atoms with E-state index in [1.165, 1.54) is 0 Å². The van der Waals surface area contributed by atoms with Crippen molar-refractivity contribution >= 4 is 16.6 Å². The van der Waals surface area contributed by atoms with Crippen LogP contribution in [0.15, 0.2) is 35.1 Å². The number of pyridine rings is 1. The number of H-pyrrole nitrogens is 1. The number of likely N-dealkylation sites (N-methyl/N-ethyl adjacent to an activating group) is 1. The van der Waals surface area contributed by atoms with Gasteiger partial charge in [-0.25, -0.2) is 0 Å². The highest BCUT2D eigenvalue weighted by Crippen LogP contribution is 2.19. The molecule has 1 fully saturated rings. The minimum absolute atomic E-state index is 0.0541. The van der Waals surface area contributed by atoms with Gasteiger partial charge in [0.2, 0.25) is 0 Å². The molecule has 5 heteroatoms. The average molecular weight is 287 g/mol. The second kappa shape index (κ2) is 5.87. The summed E-state index contributed by atoms with van der Waals surface area (Å²) < 4.78 is 0. The van der Waals surface area contributed by atoms with Crippen molar-refractivity contribution in [2.75, 3.05) is 37.7 Å². The number of fused-ring (bicyclic) bond motifs is 1. The van der Waals surface area contributed by atoms with Gasteiger partial charge in [-0.3, -0.25) is 9.69 Å². The number of aliphatic hydroxyl groups is 1. The molecular formula is C16H21N3O2. The minimum Gasteiger partial charge on any atom is -0.395 e. The Morgan fingerprint density at radius 3 is 2.90 bits per heavy atom. The molecular weight excluding hydrogens is 266 g/mol. The first-order valence-corrected chi connectivity index (χ1v) is 7.45. The molecule has 0 aliphatic carbocycles. The van der Waals surface area contributed by atoms with Crippen molar-refractivity contribution in [1.29, 1.82) is 0 Å². The van der Waals surface area contributed by atoms with E-state index < -0.39 is 0 Å². The molecule has 112 valence electrons. The van der Waals surface area contributed by atoms with Crippen LogP contribution in [-0.2, 0) is 0 Å². The van der Waals surface area contributed by atoms with Crippen LogP contribution in [-0.4, -0.2) is 53.8 Å². The largest absolute Gasteiger partial charge is 0.395 e. The number of rotatable bonds is 3. The third kappa shape index (κ3) is 2.66. The van der Waals surface area contributed by atoms with Crippen molar-refractivity contribution in [3.8, 4) is 0 Å². The summed E-state index contributed by atoms with van der Waals surface area (Å²) in [6.07, 6.45) is 0. The van der Waals surface area contributed by atoms with E-state index in [4.69, 9.17) is 0 Å². The zero-order chi connectivity index (χ0) is 14.8. The Morgan fingerprint density at radius 1 is 1.33 bits per heavy atom. The van der Waals surface area contributed by atoms with Crippen LogP contribution in [0.3, 0.4) is 0 Å². The molecule has 3 rings (SSSR count). The smallest absolute Gasteiger partial charge is 0.257 e. The fourth-order valence-corrected chi connectivity index (χ4v) is 3.07. The molecule has 1 aliphatic rings. The zero-order valence-corrected chi connectivity index (χ0v) is 12.2. The van der Waals surface area contributed by atoms with E-state index in [0.29, 0.717) is 5.39 Å². The SMILES string of the molecule is CCN1CCN(c2cc3ccccc3c(=O)[nH]2)CC1CO. The quantitative estimate of drug-likeness (QED) is 0.885. The number of nitrogens with zero attached hydrogens (tertiary/aromatic N) is 2. The van der Waals surface area contributed by atoms with Gasteiger partial charge in [0.15, 0.2) is 0 Å². The number of hydrogen-bond acceptors (Lipinski definition) is 4. The first kappa shape index (κ1) is 14.1. The standard InChI is InChI=1S/C16H21N3O2/c1-2-18-7-8-19(10-13(18)11-20)15-9-12-5-3-4-6-14(12)16(21)17-15/h3-6,9,13,20H,2,7-8,10-11H2,1H3,(H,17,21). The van der Waals surface area contributed by atoms with E-state index in [0.717, 1.165) is 37.4 Å². The molecule has 2 N–H and O–H groups in total. The Morgan fingerprint density at radius 2 is 2.14 bits per heavy atom. The molecule has 0 spiro atoms. The lowest BCUT2D eigenvalue weighted by Crippen LogP contribution is -2.54. The fraction of sp³-hybridized carbons (Fsp3) is 0.438. The molecule has 1 aromatic heterocycles. The van der Waals surface area contributed by atoms with Gasteiger partial charge in [0.05, 0.1) is 12.6 Å². The Bertz CT molecular complexity index is 683. The Balaban J connectivity index is 1.92. The number of hydrogen-bond donors (Lipinski definition) is 2. The topological polar surface area (TPSA) is 59.6 Å². The molecule has 1 aromatic carbocycles. The van der Waals surface area contributed by atoms with Gasteiger partial charge in [-0.2, -0.15) is 0 Å². The Hall–Kier alpha value is -1.85. The maximum absolute atomic E-state index is 12.2. The van der Waals surface area contributed by atoms with Crippen molar-refractivity contribution in [2.24, 2.45) is 0 Å². The highest BCUT2D eigenvalue weighted by atomic mass is 16.3. The van der Waals surface area contributed by atoms with E-state index in [1.54, 1.807) is 0 Å². The molecule has 21 heavy (non-hydrogen) atoms. The van der Waals surface area contributed by atoms with Crippen LogP contribution in [0.25, 0.3) is 10.8 Å². The summed E-state index contributed by atoms with van der Waals surface area (Å²) in [7, 11) is 0. The monoisotopic (exact) mass is 287 g/mol. The molecule has 2 heterocycles. The summed E-state index contributed by atoms with van der Waals surface area (Å²) in [5, 5.41) is 11.2. The van der Waals surface area contributed by atoms with Gasteiger partial charge in [-0.1, -0.05) is 25.1 Å². The van der Waals surface area contributed by atoms with Crippen LogP contribution in [0.5, 0.6) is 0 Å². The maximum Gasteiger partial charge on any atom is 0.257 e. The van der Waals surface area contributed by atoms with Crippen LogP contribution in [0.4, 0.5) is 5.82 Å². The molecule has 0 bridgehead atoms. The van der Waals surface area contributed by atoms with Crippen molar-refractivity contribution in [3.63, 3.8) is 0 Å². The second-order valence-corrected chi connectivity index (χ2v) is 5.48. The number of piperazine rings is 1. The van der Waals surface area contributed by atoms with Crippen LogP contribution in [0.1, 0.15) is 6.92 Å². The van der Waals surface area contributed by atoms with Crippen LogP contribution in [0.2, 0.25) is 0 Å². The zero-order valence-electron chi connectivity index (χ0n) is 12.2. The van der Waals surface area contributed by atoms with Gasteiger partial charge in [0.25, 0.3) is 5.56 Å². The van der Waals surface area contributed by atoms with Crippen LogP contribution in [0, 0.1) is 0 Å². The molecule has 1 aliphatic heterocycles. The number of anilines is 1. The van der Waals surface area contributed by atoms with Crippen molar-refractivity contribution in [1.82, 2.24) is 9.88 Å². The normalized spacial score (nSPS) is 20.1. The fourth-order valence-electron chi connectivity index (χ4n) is 3.07. The number of aromatic nitrogens is 1. The summed E-state index contributed by atoms with van der Waals surface area (Å²) >= 11 is 0. The van der Waals surface area contributed by atoms with Gasteiger partial charge >= 0.3 is 0 Å². The molecule has 0 radical (unpaired) electrons. The van der Waals surface area contributed by atoms with Crippen LogP contribution < -0.4 is 10.5 Å². The van der Waals surface area contributed by atoms with E-state index in [-0.39, 0.29) is 18.2 Å². The summed E-state index contributed by atoms with van der Waals surface area (Å²) in [4.78, 5) is 19.6. The molecule has 1 atom stereocenters. The third-order valence-corrected chi connectivity index (χ3v) is 4.30. The minimum atomic E-state index is -0.0541. The van der Waals surface area contributed by atoms with Gasteiger partial charge in [0.1, 0.15) is 5.82 Å². The Labute approximate surface area is 123 Å². The van der Waals surface area contributed by atoms with Crippen molar-refractivity contribution in [3.05, 3.63) is 40.7 Å². The number of benzene rings is 1. The summed E-state index contributed by atoms with van der Waals surface area (Å²) in [6, 6.07) is 9.76. The predicted octanol–water partition coefficient (Wildman–Crippen LogP) is 1.03. The lowest BCUT2D eigenvalue weighted by Gasteiger charge is -2.41. The van der Waals surface area contributed by atoms with Crippen LogP contribution >= 0.6 is 0 Å². The highest BCUT2D eigenvalue weighted by Gasteiger charge is 2.25. The first-order valence-electron chi connectivity index (χ1n) is 7.45. The van der Waals surface area contributed by atoms with Crippen molar-refractivity contribution < 1.29 is 5.11 Å². The number of nitrogens with one attached hydrogen (secondary N) is 1. The van der Waals surface area contributed by atoms with Gasteiger partial charge in [-0.05, 0) is 24.1 Å². The van der Waals surface area contributed by atoms with Gasteiger partial charge < -0.3 is 15.0 Å². The van der Waals surface area contributed by atoms with E-state index in [1.807, 2.05) is 30.3 Å². The third-order valence-electron chi connectivity index (χ3n) is 4.30. The lowest BCUT2D eigenvalue weighted by molar-refractivity contribution is 0.116. The predicted molar refractivity (Wildman–Crippen MR) is 84.9 cm³/mol. The summed E-state index contributed by atoms with van der Waals surface area (Å²) in [6.45, 7) is 5.68. The van der Waals surface area contributed by atoms with E-state index in [9.17, 15) is 9.90 Å². The summed E-state index contributed by atoms with van der Waals surface area (Å²) in [5.74, 6) is 0.841. The molecule has 0 saturated carbocycles.